The standard InChI is InChI=1S/C26H35NO3/c1-17(2)19-8-11-21(12-9-19)30-22-13-10-20-15-25(26(28)29-3)27-24(23(20)16-22)14-18-6-4-5-7-18/h10,13,15-19,21H,4-9,11-12,14H2,1-3H3. The maximum atomic E-state index is 12.1. The van der Waals surface area contributed by atoms with Gasteiger partial charge < -0.3 is 9.47 Å². The average molecular weight is 410 g/mol. The second-order valence-corrected chi connectivity index (χ2v) is 9.58. The number of pyridine rings is 1. The van der Waals surface area contributed by atoms with Gasteiger partial charge in [-0.2, -0.15) is 0 Å². The lowest BCUT2D eigenvalue weighted by molar-refractivity contribution is 0.0594. The number of rotatable bonds is 6. The van der Waals surface area contributed by atoms with Gasteiger partial charge in [0.15, 0.2) is 0 Å². The molecule has 4 rings (SSSR count). The van der Waals surface area contributed by atoms with Gasteiger partial charge in [0.1, 0.15) is 11.4 Å². The van der Waals surface area contributed by atoms with E-state index in [-0.39, 0.29) is 5.97 Å². The summed E-state index contributed by atoms with van der Waals surface area (Å²) >= 11 is 0. The fraction of sp³-hybridized carbons (Fsp3) is 0.615. The van der Waals surface area contributed by atoms with Crippen molar-refractivity contribution in [2.75, 3.05) is 7.11 Å². The summed E-state index contributed by atoms with van der Waals surface area (Å²) in [5, 5.41) is 2.15. The first-order chi connectivity index (χ1) is 14.5. The van der Waals surface area contributed by atoms with Crippen LogP contribution in [0.2, 0.25) is 0 Å². The molecule has 162 valence electrons. The van der Waals surface area contributed by atoms with Crippen LogP contribution in [0.15, 0.2) is 24.3 Å². The van der Waals surface area contributed by atoms with Crippen LogP contribution < -0.4 is 4.74 Å². The van der Waals surface area contributed by atoms with Crippen molar-refractivity contribution < 1.29 is 14.3 Å². The van der Waals surface area contributed by atoms with E-state index >= 15 is 0 Å². The van der Waals surface area contributed by atoms with E-state index in [2.05, 4.69) is 26.0 Å². The van der Waals surface area contributed by atoms with Gasteiger partial charge in [-0.25, -0.2) is 9.78 Å². The summed E-state index contributed by atoms with van der Waals surface area (Å²) in [6, 6.07) is 8.09. The molecule has 2 saturated carbocycles. The second-order valence-electron chi connectivity index (χ2n) is 9.58. The average Bonchev–Trinajstić information content (AvgIpc) is 3.26. The SMILES string of the molecule is COC(=O)c1cc2ccc(OC3CCC(C(C)C)CC3)cc2c(CC2CCCC2)n1. The van der Waals surface area contributed by atoms with Gasteiger partial charge in [-0.15, -0.1) is 0 Å². The van der Waals surface area contributed by atoms with Crippen molar-refractivity contribution in [3.63, 3.8) is 0 Å². The first-order valence-corrected chi connectivity index (χ1v) is 11.7. The summed E-state index contributed by atoms with van der Waals surface area (Å²) in [5.41, 5.74) is 1.41. The fourth-order valence-corrected chi connectivity index (χ4v) is 5.29. The molecule has 0 saturated heterocycles. The van der Waals surface area contributed by atoms with Crippen LogP contribution in [0.4, 0.5) is 0 Å². The van der Waals surface area contributed by atoms with Crippen molar-refractivity contribution in [1.29, 1.82) is 0 Å². The van der Waals surface area contributed by atoms with Crippen LogP contribution in [0.5, 0.6) is 5.75 Å². The Labute approximate surface area is 180 Å². The van der Waals surface area contributed by atoms with E-state index in [1.54, 1.807) is 0 Å². The zero-order valence-electron chi connectivity index (χ0n) is 18.7. The number of nitrogens with zero attached hydrogens (tertiary/aromatic N) is 1. The molecule has 0 aliphatic heterocycles. The Balaban J connectivity index is 1.57. The molecule has 1 aromatic heterocycles. The molecule has 0 amide bonds. The van der Waals surface area contributed by atoms with Gasteiger partial charge in [-0.1, -0.05) is 45.6 Å². The number of methoxy groups -OCH3 is 1. The molecule has 1 heterocycles. The molecule has 0 atom stereocenters. The first kappa shape index (κ1) is 21.1. The quantitative estimate of drug-likeness (QED) is 0.522. The van der Waals surface area contributed by atoms with E-state index in [0.717, 1.165) is 53.3 Å². The van der Waals surface area contributed by atoms with E-state index in [0.29, 0.717) is 17.7 Å². The Morgan fingerprint density at radius 3 is 2.47 bits per heavy atom. The Morgan fingerprint density at radius 1 is 1.07 bits per heavy atom. The van der Waals surface area contributed by atoms with Crippen molar-refractivity contribution in [3.8, 4) is 5.75 Å². The summed E-state index contributed by atoms with van der Waals surface area (Å²) < 4.78 is 11.3. The van der Waals surface area contributed by atoms with Crippen LogP contribution in [0.25, 0.3) is 10.8 Å². The molecular weight excluding hydrogens is 374 g/mol. The minimum atomic E-state index is -0.369. The highest BCUT2D eigenvalue weighted by Gasteiger charge is 2.25. The van der Waals surface area contributed by atoms with E-state index in [9.17, 15) is 4.79 Å². The molecule has 0 spiro atoms. The van der Waals surface area contributed by atoms with Crippen molar-refractivity contribution in [3.05, 3.63) is 35.7 Å². The molecule has 2 aliphatic rings. The number of aromatic nitrogens is 1. The molecule has 0 N–H and O–H groups in total. The predicted octanol–water partition coefficient (Wildman–Crippen LogP) is 6.35. The van der Waals surface area contributed by atoms with E-state index < -0.39 is 0 Å². The van der Waals surface area contributed by atoms with Gasteiger partial charge in [-0.3, -0.25) is 0 Å². The van der Waals surface area contributed by atoms with E-state index in [1.165, 1.54) is 45.6 Å². The van der Waals surface area contributed by atoms with Crippen LogP contribution in [0, 0.1) is 17.8 Å². The number of carbonyl (C=O) groups is 1. The number of ether oxygens (including phenoxy) is 2. The van der Waals surface area contributed by atoms with Gasteiger partial charge >= 0.3 is 5.97 Å². The molecular formula is C26H35NO3. The molecule has 2 fully saturated rings. The van der Waals surface area contributed by atoms with Crippen molar-refractivity contribution in [2.24, 2.45) is 17.8 Å². The summed E-state index contributed by atoms with van der Waals surface area (Å²) in [4.78, 5) is 16.9. The van der Waals surface area contributed by atoms with Gasteiger partial charge in [0.2, 0.25) is 0 Å². The van der Waals surface area contributed by atoms with Crippen LogP contribution in [-0.4, -0.2) is 24.2 Å². The smallest absolute Gasteiger partial charge is 0.356 e. The van der Waals surface area contributed by atoms with E-state index in [4.69, 9.17) is 14.5 Å². The van der Waals surface area contributed by atoms with E-state index in [1.807, 2.05) is 12.1 Å². The minimum Gasteiger partial charge on any atom is -0.490 e. The fourth-order valence-electron chi connectivity index (χ4n) is 5.29. The number of hydrogen-bond acceptors (Lipinski definition) is 4. The van der Waals surface area contributed by atoms with Crippen LogP contribution in [-0.2, 0) is 11.2 Å². The lowest BCUT2D eigenvalue weighted by atomic mass is 9.80. The molecule has 4 heteroatoms. The first-order valence-electron chi connectivity index (χ1n) is 11.7. The third-order valence-corrected chi connectivity index (χ3v) is 7.20. The maximum absolute atomic E-state index is 12.1. The lowest BCUT2D eigenvalue weighted by Crippen LogP contribution is -2.26. The highest BCUT2D eigenvalue weighted by atomic mass is 16.5. The zero-order valence-corrected chi connectivity index (χ0v) is 18.7. The summed E-state index contributed by atoms with van der Waals surface area (Å²) in [5.74, 6) is 2.81. The molecule has 30 heavy (non-hydrogen) atoms. The van der Waals surface area contributed by atoms with Gasteiger partial charge in [0.25, 0.3) is 0 Å². The third-order valence-electron chi connectivity index (χ3n) is 7.20. The molecule has 2 aliphatic carbocycles. The van der Waals surface area contributed by atoms with Crippen molar-refractivity contribution in [1.82, 2.24) is 4.98 Å². The molecule has 2 aromatic rings. The number of benzene rings is 1. The Morgan fingerprint density at radius 2 is 1.80 bits per heavy atom. The van der Waals surface area contributed by atoms with Crippen LogP contribution in [0.1, 0.15) is 81.4 Å². The molecule has 0 bridgehead atoms. The molecule has 0 unspecified atom stereocenters. The highest BCUT2D eigenvalue weighted by Crippen LogP contribution is 2.34. The van der Waals surface area contributed by atoms with Crippen LogP contribution >= 0.6 is 0 Å². The monoisotopic (exact) mass is 409 g/mol. The Bertz CT molecular complexity index is 877. The minimum absolute atomic E-state index is 0.304. The topological polar surface area (TPSA) is 48.4 Å². The third kappa shape index (κ3) is 4.79. The second kappa shape index (κ2) is 9.36. The highest BCUT2D eigenvalue weighted by molar-refractivity contribution is 5.94. The Kier molecular flexibility index (Phi) is 6.60. The maximum Gasteiger partial charge on any atom is 0.356 e. The normalized spacial score (nSPS) is 22.5. The summed E-state index contributed by atoms with van der Waals surface area (Å²) in [6.45, 7) is 4.66. The van der Waals surface area contributed by atoms with Crippen molar-refractivity contribution in [2.45, 2.75) is 77.7 Å². The van der Waals surface area contributed by atoms with Gasteiger partial charge in [0.05, 0.1) is 13.2 Å². The zero-order chi connectivity index (χ0) is 21.1. The van der Waals surface area contributed by atoms with Gasteiger partial charge in [0, 0.05) is 11.1 Å². The van der Waals surface area contributed by atoms with Crippen LogP contribution in [0.3, 0.4) is 0 Å². The number of hydrogen-bond donors (Lipinski definition) is 0. The summed E-state index contributed by atoms with van der Waals surface area (Å²) in [6.07, 6.45) is 11.1. The molecule has 0 radical (unpaired) electrons. The largest absolute Gasteiger partial charge is 0.490 e. The molecule has 4 nitrogen and oxygen atoms in total. The lowest BCUT2D eigenvalue weighted by Gasteiger charge is -2.31. The summed E-state index contributed by atoms with van der Waals surface area (Å²) in [7, 11) is 1.41. The number of fused-ring (bicyclic) bond motifs is 1. The van der Waals surface area contributed by atoms with Crippen molar-refractivity contribution >= 4 is 16.7 Å². The predicted molar refractivity (Wildman–Crippen MR) is 120 cm³/mol. The Hall–Kier alpha value is -2.10. The molecule has 1 aromatic carbocycles. The number of carbonyl (C=O) groups excluding carboxylic acids is 1. The number of esters is 1. The van der Waals surface area contributed by atoms with Gasteiger partial charge in [-0.05, 0) is 73.4 Å².